The molecule has 1 aliphatic rings. The zero-order valence-corrected chi connectivity index (χ0v) is 12.0. The van der Waals surface area contributed by atoms with Crippen LogP contribution in [0.5, 0.6) is 5.75 Å². The average Bonchev–Trinajstić information content (AvgIpc) is 2.87. The number of nitrogens with zero attached hydrogens (tertiary/aromatic N) is 1. The fourth-order valence-corrected chi connectivity index (χ4v) is 2.59. The Balaban J connectivity index is 2.19. The van der Waals surface area contributed by atoms with Crippen molar-refractivity contribution in [2.45, 2.75) is 19.4 Å². The number of hydrogen-bond acceptors (Lipinski definition) is 3. The van der Waals surface area contributed by atoms with Crippen LogP contribution in [0.4, 0.5) is 0 Å². The largest absolute Gasteiger partial charge is 0.496 e. The highest BCUT2D eigenvalue weighted by Gasteiger charge is 2.30. The third-order valence-corrected chi connectivity index (χ3v) is 3.88. The zero-order chi connectivity index (χ0) is 14.0. The Kier molecular flexibility index (Phi) is 4.32. The number of carbonyl (C=O) groups excluding carboxylic acids is 1. The van der Waals surface area contributed by atoms with E-state index in [-0.39, 0.29) is 11.9 Å². The molecular formula is C14H19ClN2O2. The van der Waals surface area contributed by atoms with Gasteiger partial charge in [0.1, 0.15) is 5.75 Å². The van der Waals surface area contributed by atoms with Crippen LogP contribution in [0, 0.1) is 5.92 Å². The molecule has 0 radical (unpaired) electrons. The quantitative estimate of drug-likeness (QED) is 0.924. The number of likely N-dealkylation sites (tertiary alicyclic amines) is 1. The summed E-state index contributed by atoms with van der Waals surface area (Å²) in [6.45, 7) is 3.42. The molecule has 2 unspecified atom stereocenters. The molecule has 0 spiro atoms. The highest BCUT2D eigenvalue weighted by molar-refractivity contribution is 6.31. The molecule has 1 aromatic carbocycles. The fraction of sp³-hybridized carbons (Fsp3) is 0.500. The second-order valence-electron chi connectivity index (χ2n) is 5.00. The van der Waals surface area contributed by atoms with Crippen molar-refractivity contribution in [3.63, 3.8) is 0 Å². The standard InChI is InChI=1S/C14H19ClN2O2/c1-9(16)10-5-6-17(8-10)14(18)12-7-11(15)3-4-13(12)19-2/h3-4,7,9-10H,5-6,8,16H2,1-2H3. The Morgan fingerprint density at radius 3 is 2.89 bits per heavy atom. The monoisotopic (exact) mass is 282 g/mol. The molecule has 1 saturated heterocycles. The summed E-state index contributed by atoms with van der Waals surface area (Å²) >= 11 is 5.96. The second-order valence-corrected chi connectivity index (χ2v) is 5.44. The number of carbonyl (C=O) groups is 1. The number of ether oxygens (including phenoxy) is 1. The Morgan fingerprint density at radius 1 is 1.58 bits per heavy atom. The molecule has 5 heteroatoms. The third kappa shape index (κ3) is 3.01. The third-order valence-electron chi connectivity index (χ3n) is 3.65. The van der Waals surface area contributed by atoms with E-state index in [9.17, 15) is 4.79 Å². The van der Waals surface area contributed by atoms with Crippen molar-refractivity contribution < 1.29 is 9.53 Å². The van der Waals surface area contributed by atoms with Crippen LogP contribution in [0.2, 0.25) is 5.02 Å². The highest BCUT2D eigenvalue weighted by atomic mass is 35.5. The molecule has 4 nitrogen and oxygen atoms in total. The van der Waals surface area contributed by atoms with Gasteiger partial charge in [-0.1, -0.05) is 11.6 Å². The lowest BCUT2D eigenvalue weighted by atomic mass is 10.0. The van der Waals surface area contributed by atoms with E-state index in [1.54, 1.807) is 25.3 Å². The van der Waals surface area contributed by atoms with E-state index in [4.69, 9.17) is 22.1 Å². The lowest BCUT2D eigenvalue weighted by molar-refractivity contribution is 0.0782. The lowest BCUT2D eigenvalue weighted by Crippen LogP contribution is -2.33. The van der Waals surface area contributed by atoms with Gasteiger partial charge in [-0.25, -0.2) is 0 Å². The summed E-state index contributed by atoms with van der Waals surface area (Å²) < 4.78 is 5.22. The summed E-state index contributed by atoms with van der Waals surface area (Å²) in [6, 6.07) is 5.20. The first kappa shape index (κ1) is 14.2. The molecule has 0 saturated carbocycles. The van der Waals surface area contributed by atoms with E-state index >= 15 is 0 Å². The highest BCUT2D eigenvalue weighted by Crippen LogP contribution is 2.27. The van der Waals surface area contributed by atoms with Crippen molar-refractivity contribution in [3.05, 3.63) is 28.8 Å². The average molecular weight is 283 g/mol. The molecule has 1 aliphatic heterocycles. The minimum atomic E-state index is -0.0394. The molecule has 2 N–H and O–H groups in total. The Labute approximate surface area is 118 Å². The number of hydrogen-bond donors (Lipinski definition) is 1. The Morgan fingerprint density at radius 2 is 2.32 bits per heavy atom. The minimum absolute atomic E-state index is 0.0394. The van der Waals surface area contributed by atoms with Gasteiger partial charge in [-0.15, -0.1) is 0 Å². The van der Waals surface area contributed by atoms with E-state index in [1.165, 1.54) is 0 Å². The van der Waals surface area contributed by atoms with Crippen molar-refractivity contribution in [3.8, 4) is 5.75 Å². The molecule has 1 amide bonds. The zero-order valence-electron chi connectivity index (χ0n) is 11.2. The minimum Gasteiger partial charge on any atom is -0.496 e. The number of amides is 1. The van der Waals surface area contributed by atoms with E-state index < -0.39 is 0 Å². The molecule has 0 aliphatic carbocycles. The van der Waals surface area contributed by atoms with Gasteiger partial charge < -0.3 is 15.4 Å². The normalized spacial score (nSPS) is 20.4. The summed E-state index contributed by atoms with van der Waals surface area (Å²) in [5.74, 6) is 0.885. The molecule has 1 aromatic rings. The van der Waals surface area contributed by atoms with Gasteiger partial charge in [-0.3, -0.25) is 4.79 Å². The molecule has 104 valence electrons. The van der Waals surface area contributed by atoms with E-state index in [0.717, 1.165) is 13.0 Å². The molecule has 19 heavy (non-hydrogen) atoms. The van der Waals surface area contributed by atoms with E-state index in [2.05, 4.69) is 0 Å². The maximum absolute atomic E-state index is 12.5. The van der Waals surface area contributed by atoms with Crippen LogP contribution in [0.1, 0.15) is 23.7 Å². The SMILES string of the molecule is COc1ccc(Cl)cc1C(=O)N1CCC(C(C)N)C1. The maximum Gasteiger partial charge on any atom is 0.257 e. The van der Waals surface area contributed by atoms with Crippen molar-refractivity contribution in [1.29, 1.82) is 0 Å². The van der Waals surface area contributed by atoms with Crippen molar-refractivity contribution in [2.24, 2.45) is 11.7 Å². The molecule has 0 aromatic heterocycles. The number of benzene rings is 1. The van der Waals surface area contributed by atoms with Gasteiger partial charge in [-0.2, -0.15) is 0 Å². The topological polar surface area (TPSA) is 55.6 Å². The van der Waals surface area contributed by atoms with Crippen molar-refractivity contribution in [2.75, 3.05) is 20.2 Å². The number of halogens is 1. The van der Waals surface area contributed by atoms with Crippen LogP contribution in [-0.2, 0) is 0 Å². The fourth-order valence-electron chi connectivity index (χ4n) is 2.42. The predicted molar refractivity (Wildman–Crippen MR) is 75.7 cm³/mol. The summed E-state index contributed by atoms with van der Waals surface area (Å²) in [7, 11) is 1.55. The smallest absolute Gasteiger partial charge is 0.257 e. The first-order chi connectivity index (χ1) is 9.02. The summed E-state index contributed by atoms with van der Waals surface area (Å²) in [5.41, 5.74) is 6.41. The lowest BCUT2D eigenvalue weighted by Gasteiger charge is -2.19. The van der Waals surface area contributed by atoms with Crippen molar-refractivity contribution in [1.82, 2.24) is 4.90 Å². The number of nitrogens with two attached hydrogens (primary N) is 1. The van der Waals surface area contributed by atoms with Gasteiger partial charge in [0.2, 0.25) is 0 Å². The summed E-state index contributed by atoms with van der Waals surface area (Å²) in [6.07, 6.45) is 0.951. The Hall–Kier alpha value is -1.26. The molecule has 0 bridgehead atoms. The first-order valence-corrected chi connectivity index (χ1v) is 6.79. The van der Waals surface area contributed by atoms with Gasteiger partial charge in [0, 0.05) is 24.2 Å². The molecule has 1 heterocycles. The summed E-state index contributed by atoms with van der Waals surface area (Å²) in [4.78, 5) is 14.3. The van der Waals surface area contributed by atoms with Crippen molar-refractivity contribution >= 4 is 17.5 Å². The second kappa shape index (κ2) is 5.80. The van der Waals surface area contributed by atoms with Gasteiger partial charge >= 0.3 is 0 Å². The Bertz CT molecular complexity index is 477. The van der Waals surface area contributed by atoms with E-state index in [1.807, 2.05) is 11.8 Å². The molecule has 2 rings (SSSR count). The van der Waals surface area contributed by atoms with Crippen LogP contribution < -0.4 is 10.5 Å². The molecular weight excluding hydrogens is 264 g/mol. The number of methoxy groups -OCH3 is 1. The number of rotatable bonds is 3. The van der Waals surface area contributed by atoms with Gasteiger partial charge in [-0.05, 0) is 37.5 Å². The van der Waals surface area contributed by atoms with Gasteiger partial charge in [0.25, 0.3) is 5.91 Å². The van der Waals surface area contributed by atoms with Crippen LogP contribution in [0.15, 0.2) is 18.2 Å². The van der Waals surface area contributed by atoms with Crippen LogP contribution >= 0.6 is 11.6 Å². The van der Waals surface area contributed by atoms with E-state index in [0.29, 0.717) is 28.8 Å². The van der Waals surface area contributed by atoms with Crippen LogP contribution in [0.25, 0.3) is 0 Å². The van der Waals surface area contributed by atoms with Crippen LogP contribution in [0.3, 0.4) is 0 Å². The van der Waals surface area contributed by atoms with Gasteiger partial charge in [0.05, 0.1) is 12.7 Å². The predicted octanol–water partition coefficient (Wildman–Crippen LogP) is 2.16. The maximum atomic E-state index is 12.5. The molecule has 2 atom stereocenters. The molecule has 1 fully saturated rings. The van der Waals surface area contributed by atoms with Gasteiger partial charge in [0.15, 0.2) is 0 Å². The first-order valence-electron chi connectivity index (χ1n) is 6.41. The summed E-state index contributed by atoms with van der Waals surface area (Å²) in [5, 5.41) is 0.534. The van der Waals surface area contributed by atoms with Crippen LogP contribution in [-0.4, -0.2) is 37.0 Å².